The van der Waals surface area contributed by atoms with E-state index in [9.17, 15) is 0 Å². The lowest BCUT2D eigenvalue weighted by Crippen LogP contribution is -1.99. The number of nitrogens with zero attached hydrogens (tertiary/aromatic N) is 2. The summed E-state index contributed by atoms with van der Waals surface area (Å²) in [5.74, 6) is 0. The fourth-order valence-electron chi connectivity index (χ4n) is 2.40. The van der Waals surface area contributed by atoms with Gasteiger partial charge in [0, 0.05) is 24.8 Å². The van der Waals surface area contributed by atoms with Crippen molar-refractivity contribution in [3.05, 3.63) is 71.4 Å². The normalized spacial score (nSPS) is 10.6. The number of fused-ring (bicyclic) bond motifs is 1. The van der Waals surface area contributed by atoms with Crippen LogP contribution in [0.1, 0.15) is 16.7 Å². The molecule has 2 N–H and O–H groups in total. The molecule has 0 amide bonds. The molecule has 3 rings (SSSR count). The minimum Gasteiger partial charge on any atom is -0.343 e. The first kappa shape index (κ1) is 12.5. The standard InChI is InChI=1S/C17H15N3/c18-10-13-1-3-14(4-2-13)12-20-8-7-16-9-15(11-19)5-6-17(16)20/h1-9H,11-12,19H2. The highest BCUT2D eigenvalue weighted by molar-refractivity contribution is 5.81. The first-order valence-corrected chi connectivity index (χ1v) is 6.57. The Kier molecular flexibility index (Phi) is 3.24. The summed E-state index contributed by atoms with van der Waals surface area (Å²) in [6.45, 7) is 1.37. The molecular formula is C17H15N3. The van der Waals surface area contributed by atoms with Gasteiger partial charge < -0.3 is 10.3 Å². The monoisotopic (exact) mass is 261 g/mol. The van der Waals surface area contributed by atoms with Crippen molar-refractivity contribution < 1.29 is 0 Å². The second-order valence-electron chi connectivity index (χ2n) is 4.85. The number of hydrogen-bond donors (Lipinski definition) is 1. The molecule has 1 heterocycles. The molecule has 0 radical (unpaired) electrons. The van der Waals surface area contributed by atoms with Crippen molar-refractivity contribution in [2.75, 3.05) is 0 Å². The van der Waals surface area contributed by atoms with Gasteiger partial charge in [0.05, 0.1) is 11.6 Å². The predicted octanol–water partition coefficient (Wildman–Crippen LogP) is 3.02. The number of benzene rings is 2. The van der Waals surface area contributed by atoms with Crippen LogP contribution in [0.2, 0.25) is 0 Å². The van der Waals surface area contributed by atoms with Crippen LogP contribution in [-0.2, 0) is 13.1 Å². The van der Waals surface area contributed by atoms with Crippen molar-refractivity contribution in [1.82, 2.24) is 4.57 Å². The molecule has 0 spiro atoms. The maximum absolute atomic E-state index is 8.81. The third-order valence-corrected chi connectivity index (χ3v) is 3.51. The minimum absolute atomic E-state index is 0.566. The van der Waals surface area contributed by atoms with Crippen LogP contribution >= 0.6 is 0 Å². The van der Waals surface area contributed by atoms with Crippen molar-refractivity contribution in [1.29, 1.82) is 5.26 Å². The van der Waals surface area contributed by atoms with Crippen molar-refractivity contribution in [2.45, 2.75) is 13.1 Å². The molecule has 3 nitrogen and oxygen atoms in total. The highest BCUT2D eigenvalue weighted by atomic mass is 14.9. The highest BCUT2D eigenvalue weighted by Gasteiger charge is 2.03. The van der Waals surface area contributed by atoms with E-state index in [4.69, 9.17) is 11.0 Å². The van der Waals surface area contributed by atoms with Crippen LogP contribution in [0, 0.1) is 11.3 Å². The molecule has 0 unspecified atom stereocenters. The van der Waals surface area contributed by atoms with E-state index in [1.807, 2.05) is 24.3 Å². The van der Waals surface area contributed by atoms with E-state index in [0.29, 0.717) is 12.1 Å². The summed E-state index contributed by atoms with van der Waals surface area (Å²) in [5, 5.41) is 10.0. The molecule has 0 bridgehead atoms. The van der Waals surface area contributed by atoms with Gasteiger partial charge in [-0.25, -0.2) is 0 Å². The van der Waals surface area contributed by atoms with E-state index in [1.54, 1.807) is 0 Å². The highest BCUT2D eigenvalue weighted by Crippen LogP contribution is 2.19. The summed E-state index contributed by atoms with van der Waals surface area (Å²) in [7, 11) is 0. The van der Waals surface area contributed by atoms with Gasteiger partial charge in [-0.1, -0.05) is 18.2 Å². The number of nitrogens with two attached hydrogens (primary N) is 1. The third-order valence-electron chi connectivity index (χ3n) is 3.51. The van der Waals surface area contributed by atoms with Crippen molar-refractivity contribution in [3.63, 3.8) is 0 Å². The van der Waals surface area contributed by atoms with E-state index in [2.05, 4.69) is 41.1 Å². The van der Waals surface area contributed by atoms with E-state index in [1.165, 1.54) is 16.5 Å². The van der Waals surface area contributed by atoms with Gasteiger partial charge in [-0.05, 0) is 46.8 Å². The molecule has 0 atom stereocenters. The zero-order valence-corrected chi connectivity index (χ0v) is 11.1. The summed E-state index contributed by atoms with van der Waals surface area (Å²) in [5.41, 5.74) is 9.89. The topological polar surface area (TPSA) is 54.7 Å². The SMILES string of the molecule is N#Cc1ccc(Cn2ccc3cc(CN)ccc32)cc1. The van der Waals surface area contributed by atoms with Crippen LogP contribution in [0.3, 0.4) is 0 Å². The van der Waals surface area contributed by atoms with Crippen LogP contribution < -0.4 is 5.73 Å². The number of nitriles is 1. The Balaban J connectivity index is 1.92. The van der Waals surface area contributed by atoms with Gasteiger partial charge in [-0.2, -0.15) is 5.26 Å². The lowest BCUT2D eigenvalue weighted by atomic mass is 10.1. The lowest BCUT2D eigenvalue weighted by Gasteiger charge is -2.06. The molecule has 0 saturated carbocycles. The molecule has 0 fully saturated rings. The number of rotatable bonds is 3. The zero-order valence-electron chi connectivity index (χ0n) is 11.1. The fraction of sp³-hybridized carbons (Fsp3) is 0.118. The van der Waals surface area contributed by atoms with Crippen LogP contribution in [0.25, 0.3) is 10.9 Å². The van der Waals surface area contributed by atoms with Gasteiger partial charge in [0.15, 0.2) is 0 Å². The Hall–Kier alpha value is -2.57. The van der Waals surface area contributed by atoms with Crippen LogP contribution in [0.15, 0.2) is 54.7 Å². The van der Waals surface area contributed by atoms with E-state index < -0.39 is 0 Å². The summed E-state index contributed by atoms with van der Waals surface area (Å²) in [6.07, 6.45) is 2.09. The molecule has 1 aromatic heterocycles. The first-order chi connectivity index (χ1) is 9.80. The minimum atomic E-state index is 0.566. The second-order valence-corrected chi connectivity index (χ2v) is 4.85. The Labute approximate surface area is 117 Å². The maximum Gasteiger partial charge on any atom is 0.0991 e. The van der Waals surface area contributed by atoms with E-state index in [-0.39, 0.29) is 0 Å². The summed E-state index contributed by atoms with van der Waals surface area (Å²) in [4.78, 5) is 0. The van der Waals surface area contributed by atoms with Gasteiger partial charge in [-0.15, -0.1) is 0 Å². The fourth-order valence-corrected chi connectivity index (χ4v) is 2.40. The van der Waals surface area contributed by atoms with Crippen LogP contribution in [0.5, 0.6) is 0 Å². The van der Waals surface area contributed by atoms with Crippen LogP contribution in [0.4, 0.5) is 0 Å². The molecular weight excluding hydrogens is 246 g/mol. The molecule has 3 heteroatoms. The molecule has 0 aliphatic rings. The Bertz CT molecular complexity index is 776. The van der Waals surface area contributed by atoms with Gasteiger partial charge in [-0.3, -0.25) is 0 Å². The maximum atomic E-state index is 8.81. The molecule has 2 aromatic carbocycles. The number of aromatic nitrogens is 1. The lowest BCUT2D eigenvalue weighted by molar-refractivity contribution is 0.836. The Morgan fingerprint density at radius 1 is 1.00 bits per heavy atom. The summed E-state index contributed by atoms with van der Waals surface area (Å²) in [6, 6.07) is 18.3. The van der Waals surface area contributed by atoms with Crippen molar-refractivity contribution in [2.24, 2.45) is 5.73 Å². The average Bonchev–Trinajstić information content (AvgIpc) is 2.90. The van der Waals surface area contributed by atoms with Gasteiger partial charge >= 0.3 is 0 Å². The largest absolute Gasteiger partial charge is 0.343 e. The smallest absolute Gasteiger partial charge is 0.0991 e. The predicted molar refractivity (Wildman–Crippen MR) is 80.1 cm³/mol. The molecule has 0 aliphatic carbocycles. The molecule has 3 aromatic rings. The Morgan fingerprint density at radius 2 is 1.75 bits per heavy atom. The third kappa shape index (κ3) is 2.29. The Morgan fingerprint density at radius 3 is 2.45 bits per heavy atom. The summed E-state index contributed by atoms with van der Waals surface area (Å²) < 4.78 is 2.21. The van der Waals surface area contributed by atoms with Gasteiger partial charge in [0.1, 0.15) is 0 Å². The van der Waals surface area contributed by atoms with Gasteiger partial charge in [0.2, 0.25) is 0 Å². The second kappa shape index (κ2) is 5.20. The molecule has 98 valence electrons. The van der Waals surface area contributed by atoms with Crippen LogP contribution in [-0.4, -0.2) is 4.57 Å². The molecule has 0 aliphatic heterocycles. The average molecular weight is 261 g/mol. The number of hydrogen-bond acceptors (Lipinski definition) is 2. The van der Waals surface area contributed by atoms with E-state index in [0.717, 1.165) is 12.1 Å². The van der Waals surface area contributed by atoms with Crippen molar-refractivity contribution in [3.8, 4) is 6.07 Å². The molecule has 0 saturated heterocycles. The van der Waals surface area contributed by atoms with E-state index >= 15 is 0 Å². The summed E-state index contributed by atoms with van der Waals surface area (Å²) >= 11 is 0. The van der Waals surface area contributed by atoms with Crippen molar-refractivity contribution >= 4 is 10.9 Å². The van der Waals surface area contributed by atoms with Gasteiger partial charge in [0.25, 0.3) is 0 Å². The molecule has 20 heavy (non-hydrogen) atoms. The quantitative estimate of drug-likeness (QED) is 0.788. The first-order valence-electron chi connectivity index (χ1n) is 6.57. The zero-order chi connectivity index (χ0) is 13.9.